The smallest absolute Gasteiger partial charge is 0.411 e. The minimum absolute atomic E-state index is 0.193. The Labute approximate surface area is 162 Å². The number of carbonyl (C=O) groups excluding carboxylic acids is 2. The molecule has 0 N–H and O–H groups in total. The quantitative estimate of drug-likeness (QED) is 0.737. The highest BCUT2D eigenvalue weighted by Crippen LogP contribution is 2.25. The summed E-state index contributed by atoms with van der Waals surface area (Å²) < 4.78 is 10.7. The van der Waals surface area contributed by atoms with E-state index in [1.807, 2.05) is 39.0 Å². The summed E-state index contributed by atoms with van der Waals surface area (Å²) in [5, 5.41) is 0. The molecule has 1 saturated heterocycles. The first kappa shape index (κ1) is 21.2. The largest absolute Gasteiger partial charge is 0.464 e. The van der Waals surface area contributed by atoms with Gasteiger partial charge >= 0.3 is 12.1 Å². The van der Waals surface area contributed by atoms with E-state index in [1.165, 1.54) is 10.5 Å². The number of amides is 1. The van der Waals surface area contributed by atoms with Crippen LogP contribution < -0.4 is 0 Å². The van der Waals surface area contributed by atoms with E-state index in [0.717, 1.165) is 13.0 Å². The third-order valence-electron chi connectivity index (χ3n) is 4.66. The molecule has 1 aromatic rings. The van der Waals surface area contributed by atoms with Crippen LogP contribution in [0.1, 0.15) is 46.1 Å². The fourth-order valence-corrected chi connectivity index (χ4v) is 3.35. The number of esters is 1. The second-order valence-electron chi connectivity index (χ2n) is 8.02. The number of likely N-dealkylation sites (tertiary alicyclic amines) is 1. The molecule has 0 radical (unpaired) electrons. The summed E-state index contributed by atoms with van der Waals surface area (Å²) in [6.07, 6.45) is 0.879. The number of hydrogen-bond acceptors (Lipinski definition) is 5. The average Bonchev–Trinajstić information content (AvgIpc) is 2.60. The molecule has 1 fully saturated rings. The van der Waals surface area contributed by atoms with Gasteiger partial charge in [0.15, 0.2) is 0 Å². The third kappa shape index (κ3) is 6.24. The average molecular weight is 376 g/mol. The van der Waals surface area contributed by atoms with Crippen LogP contribution in [0, 0.1) is 0 Å². The zero-order valence-corrected chi connectivity index (χ0v) is 17.1. The minimum atomic E-state index is -0.614. The molecule has 0 spiro atoms. The number of rotatable bonds is 5. The van der Waals surface area contributed by atoms with Crippen molar-refractivity contribution in [2.75, 3.05) is 20.2 Å². The van der Waals surface area contributed by atoms with Crippen LogP contribution in [0.15, 0.2) is 30.3 Å². The van der Waals surface area contributed by atoms with E-state index in [4.69, 9.17) is 9.47 Å². The topological polar surface area (TPSA) is 59.1 Å². The maximum Gasteiger partial charge on any atom is 0.411 e. The third-order valence-corrected chi connectivity index (χ3v) is 4.66. The van der Waals surface area contributed by atoms with E-state index in [0.29, 0.717) is 19.6 Å². The summed E-state index contributed by atoms with van der Waals surface area (Å²) in [7, 11) is 2.06. The van der Waals surface area contributed by atoms with Crippen LogP contribution in [0.4, 0.5) is 4.79 Å². The van der Waals surface area contributed by atoms with Crippen molar-refractivity contribution in [3.8, 4) is 0 Å². The Bertz CT molecular complexity index is 627. The molecule has 1 aromatic carbocycles. The molecule has 1 amide bonds. The Morgan fingerprint density at radius 3 is 2.48 bits per heavy atom. The summed E-state index contributed by atoms with van der Waals surface area (Å²) in [6.45, 7) is 8.81. The first-order valence-corrected chi connectivity index (χ1v) is 9.61. The van der Waals surface area contributed by atoms with Gasteiger partial charge in [0.1, 0.15) is 11.6 Å². The zero-order chi connectivity index (χ0) is 20.0. The minimum Gasteiger partial charge on any atom is -0.464 e. The standard InChI is InChI=1S/C21H32N2O4/c1-6-26-19(24)18-14-17(22(5)15-16-10-8-7-9-11-16)12-13-23(18)20(25)27-21(2,3)4/h7-11,17-18H,6,12-15H2,1-5H3/t17-,18+/m0/s1. The molecule has 1 aliphatic heterocycles. The molecule has 150 valence electrons. The fraction of sp³-hybridized carbons (Fsp3) is 0.619. The van der Waals surface area contributed by atoms with Gasteiger partial charge in [0.25, 0.3) is 0 Å². The molecule has 2 atom stereocenters. The predicted octanol–water partition coefficient (Wildman–Crippen LogP) is 3.45. The summed E-state index contributed by atoms with van der Waals surface area (Å²) in [5.74, 6) is -0.360. The van der Waals surface area contributed by atoms with Crippen molar-refractivity contribution in [3.63, 3.8) is 0 Å². The second kappa shape index (κ2) is 9.22. The number of piperidine rings is 1. The Hall–Kier alpha value is -2.08. The lowest BCUT2D eigenvalue weighted by molar-refractivity contribution is -0.151. The van der Waals surface area contributed by atoms with Crippen molar-refractivity contribution in [2.24, 2.45) is 0 Å². The number of hydrogen-bond donors (Lipinski definition) is 0. The van der Waals surface area contributed by atoms with Crippen LogP contribution in [-0.4, -0.2) is 59.7 Å². The SMILES string of the molecule is CCOC(=O)[C@H]1C[C@@H](N(C)Cc2ccccc2)CCN1C(=O)OC(C)(C)C. The van der Waals surface area contributed by atoms with Gasteiger partial charge in [0.05, 0.1) is 6.61 Å². The van der Waals surface area contributed by atoms with Crippen molar-refractivity contribution in [1.82, 2.24) is 9.80 Å². The zero-order valence-electron chi connectivity index (χ0n) is 17.1. The summed E-state index contributed by atoms with van der Waals surface area (Å²) in [6, 6.07) is 9.81. The van der Waals surface area contributed by atoms with Gasteiger partial charge in [0.2, 0.25) is 0 Å². The molecular weight excluding hydrogens is 344 g/mol. The summed E-state index contributed by atoms with van der Waals surface area (Å²) in [4.78, 5) is 28.9. The first-order valence-electron chi connectivity index (χ1n) is 9.61. The Morgan fingerprint density at radius 1 is 1.22 bits per heavy atom. The van der Waals surface area contributed by atoms with E-state index >= 15 is 0 Å². The van der Waals surface area contributed by atoms with Crippen LogP contribution in [0.5, 0.6) is 0 Å². The maximum atomic E-state index is 12.6. The van der Waals surface area contributed by atoms with Gasteiger partial charge < -0.3 is 9.47 Å². The van der Waals surface area contributed by atoms with Gasteiger partial charge in [-0.15, -0.1) is 0 Å². The van der Waals surface area contributed by atoms with Crippen LogP contribution in [0.3, 0.4) is 0 Å². The normalized spacial score (nSPS) is 20.4. The van der Waals surface area contributed by atoms with Crippen molar-refractivity contribution in [3.05, 3.63) is 35.9 Å². The lowest BCUT2D eigenvalue weighted by Gasteiger charge is -2.41. The van der Waals surface area contributed by atoms with E-state index < -0.39 is 17.7 Å². The number of carbonyl (C=O) groups is 2. The molecule has 6 nitrogen and oxygen atoms in total. The molecule has 1 aliphatic rings. The lowest BCUT2D eigenvalue weighted by Crippen LogP contribution is -2.55. The highest BCUT2D eigenvalue weighted by atomic mass is 16.6. The molecule has 0 bridgehead atoms. The Kier molecular flexibility index (Phi) is 7.25. The Balaban J connectivity index is 2.08. The van der Waals surface area contributed by atoms with E-state index in [-0.39, 0.29) is 12.0 Å². The summed E-state index contributed by atoms with van der Waals surface area (Å²) >= 11 is 0. The molecule has 6 heteroatoms. The molecule has 0 aliphatic carbocycles. The number of ether oxygens (including phenoxy) is 2. The Morgan fingerprint density at radius 2 is 1.89 bits per heavy atom. The highest BCUT2D eigenvalue weighted by Gasteiger charge is 2.40. The predicted molar refractivity (Wildman–Crippen MR) is 104 cm³/mol. The molecule has 0 aromatic heterocycles. The van der Waals surface area contributed by atoms with Gasteiger partial charge in [-0.1, -0.05) is 30.3 Å². The molecule has 0 unspecified atom stereocenters. The fourth-order valence-electron chi connectivity index (χ4n) is 3.35. The van der Waals surface area contributed by atoms with E-state index in [1.54, 1.807) is 6.92 Å². The van der Waals surface area contributed by atoms with E-state index in [9.17, 15) is 9.59 Å². The van der Waals surface area contributed by atoms with Crippen LogP contribution in [0.25, 0.3) is 0 Å². The van der Waals surface area contributed by atoms with E-state index in [2.05, 4.69) is 24.1 Å². The molecular formula is C21H32N2O4. The van der Waals surface area contributed by atoms with Crippen molar-refractivity contribution < 1.29 is 19.1 Å². The molecule has 0 saturated carbocycles. The van der Waals surface area contributed by atoms with Crippen LogP contribution >= 0.6 is 0 Å². The number of nitrogens with zero attached hydrogens (tertiary/aromatic N) is 2. The molecule has 1 heterocycles. The van der Waals surface area contributed by atoms with Gasteiger partial charge in [0, 0.05) is 19.1 Å². The summed E-state index contributed by atoms with van der Waals surface area (Å²) in [5.41, 5.74) is 0.624. The van der Waals surface area contributed by atoms with Gasteiger partial charge in [-0.2, -0.15) is 0 Å². The second-order valence-corrected chi connectivity index (χ2v) is 8.02. The highest BCUT2D eigenvalue weighted by molar-refractivity contribution is 5.82. The van der Waals surface area contributed by atoms with Crippen molar-refractivity contribution >= 4 is 12.1 Å². The number of benzene rings is 1. The monoisotopic (exact) mass is 376 g/mol. The van der Waals surface area contributed by atoms with Gasteiger partial charge in [-0.05, 0) is 53.1 Å². The van der Waals surface area contributed by atoms with Crippen LogP contribution in [-0.2, 0) is 20.8 Å². The first-order chi connectivity index (χ1) is 12.7. The lowest BCUT2D eigenvalue weighted by atomic mass is 9.96. The van der Waals surface area contributed by atoms with Crippen molar-refractivity contribution in [1.29, 1.82) is 0 Å². The maximum absolute atomic E-state index is 12.6. The van der Waals surface area contributed by atoms with Gasteiger partial charge in [-0.3, -0.25) is 9.80 Å². The molecule has 27 heavy (non-hydrogen) atoms. The molecule has 2 rings (SSSR count). The van der Waals surface area contributed by atoms with Crippen LogP contribution in [0.2, 0.25) is 0 Å². The van der Waals surface area contributed by atoms with Crippen molar-refractivity contribution in [2.45, 2.75) is 64.8 Å². The van der Waals surface area contributed by atoms with Gasteiger partial charge in [-0.25, -0.2) is 9.59 Å².